The number of fused-ring (bicyclic) bond motifs is 1. The van der Waals surface area contributed by atoms with Gasteiger partial charge in [0.05, 0.1) is 32.0 Å². The summed E-state index contributed by atoms with van der Waals surface area (Å²) in [7, 11) is 3.42. The molecule has 1 aromatic rings. The standard InChI is InChI=1S/C17H27NO3/c1-5-8-18-17-15-10-14(20-4)7-6-13(15)9-16(17)21-12(2)11-19-3/h6-7,10,12,16-18H,5,8-9,11H2,1-4H3. The van der Waals surface area contributed by atoms with Crippen molar-refractivity contribution in [2.45, 2.75) is 44.9 Å². The van der Waals surface area contributed by atoms with Gasteiger partial charge in [0.2, 0.25) is 0 Å². The first-order chi connectivity index (χ1) is 10.2. The van der Waals surface area contributed by atoms with E-state index < -0.39 is 0 Å². The average Bonchev–Trinajstić information content (AvgIpc) is 2.81. The Morgan fingerprint density at radius 3 is 2.81 bits per heavy atom. The first-order valence-electron chi connectivity index (χ1n) is 7.74. The van der Waals surface area contributed by atoms with Crippen molar-refractivity contribution in [3.8, 4) is 5.75 Å². The fourth-order valence-electron chi connectivity index (χ4n) is 2.95. The summed E-state index contributed by atoms with van der Waals surface area (Å²) in [6.07, 6.45) is 2.30. The summed E-state index contributed by atoms with van der Waals surface area (Å²) >= 11 is 0. The zero-order valence-electron chi connectivity index (χ0n) is 13.5. The lowest BCUT2D eigenvalue weighted by atomic mass is 10.1. The van der Waals surface area contributed by atoms with E-state index in [-0.39, 0.29) is 18.2 Å². The van der Waals surface area contributed by atoms with Crippen molar-refractivity contribution in [1.82, 2.24) is 5.32 Å². The molecular formula is C17H27NO3. The molecule has 3 unspecified atom stereocenters. The van der Waals surface area contributed by atoms with Gasteiger partial charge in [0.1, 0.15) is 5.75 Å². The van der Waals surface area contributed by atoms with Crippen LogP contribution in [-0.4, -0.2) is 39.6 Å². The molecule has 21 heavy (non-hydrogen) atoms. The van der Waals surface area contributed by atoms with Gasteiger partial charge in [-0.1, -0.05) is 13.0 Å². The van der Waals surface area contributed by atoms with Crippen LogP contribution in [0.1, 0.15) is 37.4 Å². The maximum absolute atomic E-state index is 6.19. The quantitative estimate of drug-likeness (QED) is 0.800. The SMILES string of the molecule is CCCNC1c2cc(OC)ccc2CC1OC(C)COC. The topological polar surface area (TPSA) is 39.7 Å². The number of methoxy groups -OCH3 is 2. The molecule has 0 fully saturated rings. The van der Waals surface area contributed by atoms with Gasteiger partial charge in [-0.3, -0.25) is 0 Å². The van der Waals surface area contributed by atoms with Crippen molar-refractivity contribution in [2.24, 2.45) is 0 Å². The molecule has 1 aliphatic rings. The molecule has 1 N–H and O–H groups in total. The van der Waals surface area contributed by atoms with Crippen LogP contribution in [0.2, 0.25) is 0 Å². The molecule has 0 heterocycles. The molecule has 0 aliphatic heterocycles. The Bertz CT molecular complexity index is 450. The van der Waals surface area contributed by atoms with Crippen LogP contribution in [0.15, 0.2) is 18.2 Å². The molecule has 0 bridgehead atoms. The third-order valence-corrected chi connectivity index (χ3v) is 3.90. The highest BCUT2D eigenvalue weighted by atomic mass is 16.5. The third-order valence-electron chi connectivity index (χ3n) is 3.90. The van der Waals surface area contributed by atoms with Crippen LogP contribution in [-0.2, 0) is 15.9 Å². The van der Waals surface area contributed by atoms with E-state index >= 15 is 0 Å². The van der Waals surface area contributed by atoms with E-state index in [4.69, 9.17) is 14.2 Å². The maximum atomic E-state index is 6.19. The van der Waals surface area contributed by atoms with Gasteiger partial charge < -0.3 is 19.5 Å². The Kier molecular flexibility index (Phi) is 6.03. The van der Waals surface area contributed by atoms with E-state index in [2.05, 4.69) is 31.3 Å². The van der Waals surface area contributed by atoms with Crippen LogP contribution in [0, 0.1) is 0 Å². The van der Waals surface area contributed by atoms with Gasteiger partial charge in [0.15, 0.2) is 0 Å². The van der Waals surface area contributed by atoms with Gasteiger partial charge in [-0.2, -0.15) is 0 Å². The summed E-state index contributed by atoms with van der Waals surface area (Å²) in [6.45, 7) is 5.85. The normalized spacial score (nSPS) is 22.1. The summed E-state index contributed by atoms with van der Waals surface area (Å²) in [5, 5.41) is 3.61. The largest absolute Gasteiger partial charge is 0.497 e. The van der Waals surface area contributed by atoms with Crippen molar-refractivity contribution in [3.05, 3.63) is 29.3 Å². The molecule has 0 amide bonds. The second-order valence-electron chi connectivity index (χ2n) is 5.64. The molecule has 0 radical (unpaired) electrons. The first-order valence-corrected chi connectivity index (χ1v) is 7.74. The maximum Gasteiger partial charge on any atom is 0.119 e. The summed E-state index contributed by atoms with van der Waals surface area (Å²) in [6, 6.07) is 6.54. The number of hydrogen-bond donors (Lipinski definition) is 1. The molecule has 2 rings (SSSR count). The van der Waals surface area contributed by atoms with E-state index in [1.165, 1.54) is 11.1 Å². The van der Waals surface area contributed by atoms with Gasteiger partial charge in [-0.25, -0.2) is 0 Å². The minimum absolute atomic E-state index is 0.0992. The van der Waals surface area contributed by atoms with Crippen molar-refractivity contribution in [2.75, 3.05) is 27.4 Å². The molecule has 4 nitrogen and oxygen atoms in total. The Labute approximate surface area is 127 Å². The van der Waals surface area contributed by atoms with E-state index in [1.807, 2.05) is 6.07 Å². The number of nitrogens with one attached hydrogen (secondary N) is 1. The smallest absolute Gasteiger partial charge is 0.119 e. The Morgan fingerprint density at radius 2 is 2.14 bits per heavy atom. The molecule has 1 aliphatic carbocycles. The lowest BCUT2D eigenvalue weighted by molar-refractivity contribution is -0.0483. The fourth-order valence-corrected chi connectivity index (χ4v) is 2.95. The highest BCUT2D eigenvalue weighted by Gasteiger charge is 2.34. The summed E-state index contributed by atoms with van der Waals surface area (Å²) in [5.41, 5.74) is 2.65. The summed E-state index contributed by atoms with van der Waals surface area (Å²) in [5.74, 6) is 0.905. The summed E-state index contributed by atoms with van der Waals surface area (Å²) in [4.78, 5) is 0. The van der Waals surface area contributed by atoms with Crippen LogP contribution >= 0.6 is 0 Å². The van der Waals surface area contributed by atoms with E-state index in [9.17, 15) is 0 Å². The molecule has 4 heteroatoms. The lowest BCUT2D eigenvalue weighted by Crippen LogP contribution is -2.34. The lowest BCUT2D eigenvalue weighted by Gasteiger charge is -2.25. The Balaban J connectivity index is 2.15. The predicted octanol–water partition coefficient (Wildman–Crippen LogP) is 2.71. The summed E-state index contributed by atoms with van der Waals surface area (Å²) < 4.78 is 16.7. The van der Waals surface area contributed by atoms with Gasteiger partial charge >= 0.3 is 0 Å². The second kappa shape index (κ2) is 7.78. The molecule has 0 aromatic heterocycles. The Hall–Kier alpha value is -1.10. The van der Waals surface area contributed by atoms with Crippen LogP contribution < -0.4 is 10.1 Å². The molecule has 0 spiro atoms. The van der Waals surface area contributed by atoms with Crippen molar-refractivity contribution < 1.29 is 14.2 Å². The van der Waals surface area contributed by atoms with Gasteiger partial charge in [-0.15, -0.1) is 0 Å². The molecule has 118 valence electrons. The van der Waals surface area contributed by atoms with Crippen LogP contribution in [0.3, 0.4) is 0 Å². The Morgan fingerprint density at radius 1 is 1.33 bits per heavy atom. The van der Waals surface area contributed by atoms with Crippen molar-refractivity contribution in [3.63, 3.8) is 0 Å². The molecule has 0 saturated carbocycles. The van der Waals surface area contributed by atoms with E-state index in [0.29, 0.717) is 6.61 Å². The number of benzene rings is 1. The molecular weight excluding hydrogens is 266 g/mol. The van der Waals surface area contributed by atoms with Crippen LogP contribution in [0.25, 0.3) is 0 Å². The zero-order chi connectivity index (χ0) is 15.2. The van der Waals surface area contributed by atoms with Crippen molar-refractivity contribution in [1.29, 1.82) is 0 Å². The highest BCUT2D eigenvalue weighted by molar-refractivity contribution is 5.42. The number of hydrogen-bond acceptors (Lipinski definition) is 4. The van der Waals surface area contributed by atoms with E-state index in [0.717, 1.165) is 25.1 Å². The van der Waals surface area contributed by atoms with Gasteiger partial charge in [0, 0.05) is 13.5 Å². The average molecular weight is 293 g/mol. The number of rotatable bonds is 8. The molecule has 3 atom stereocenters. The second-order valence-corrected chi connectivity index (χ2v) is 5.64. The monoisotopic (exact) mass is 293 g/mol. The minimum Gasteiger partial charge on any atom is -0.497 e. The zero-order valence-corrected chi connectivity index (χ0v) is 13.5. The van der Waals surface area contributed by atoms with Gasteiger partial charge in [0.25, 0.3) is 0 Å². The van der Waals surface area contributed by atoms with Crippen LogP contribution in [0.5, 0.6) is 5.75 Å². The predicted molar refractivity (Wildman–Crippen MR) is 83.9 cm³/mol. The van der Waals surface area contributed by atoms with Gasteiger partial charge in [-0.05, 0) is 43.1 Å². The van der Waals surface area contributed by atoms with E-state index in [1.54, 1.807) is 14.2 Å². The molecule has 1 aromatic carbocycles. The molecule has 0 saturated heterocycles. The van der Waals surface area contributed by atoms with Crippen molar-refractivity contribution >= 4 is 0 Å². The first kappa shape index (κ1) is 16.3. The van der Waals surface area contributed by atoms with Crippen LogP contribution in [0.4, 0.5) is 0 Å². The fraction of sp³-hybridized carbons (Fsp3) is 0.647. The number of ether oxygens (including phenoxy) is 3. The minimum atomic E-state index is 0.0992. The highest BCUT2D eigenvalue weighted by Crippen LogP contribution is 2.36. The third kappa shape index (κ3) is 3.96.